The van der Waals surface area contributed by atoms with Crippen molar-refractivity contribution in [2.75, 3.05) is 13.7 Å². The van der Waals surface area contributed by atoms with Crippen LogP contribution in [0.2, 0.25) is 0 Å². The Morgan fingerprint density at radius 3 is 2.68 bits per heavy atom. The molecule has 0 radical (unpaired) electrons. The van der Waals surface area contributed by atoms with Gasteiger partial charge in [0.05, 0.1) is 7.11 Å². The van der Waals surface area contributed by atoms with Gasteiger partial charge in [-0.05, 0) is 29.3 Å². The highest BCUT2D eigenvalue weighted by Crippen LogP contribution is 2.19. The molecule has 114 valence electrons. The van der Waals surface area contributed by atoms with Gasteiger partial charge in [-0.3, -0.25) is 0 Å². The van der Waals surface area contributed by atoms with Crippen LogP contribution in [0.4, 0.5) is 0 Å². The molecule has 0 unspecified atom stereocenters. The highest BCUT2D eigenvalue weighted by Gasteiger charge is 2.10. The van der Waals surface area contributed by atoms with E-state index >= 15 is 0 Å². The first-order valence-corrected chi connectivity index (χ1v) is 6.91. The molecule has 0 aliphatic carbocycles. The molecule has 1 atom stereocenters. The Hall–Kier alpha value is -2.59. The molecule has 0 aliphatic heterocycles. The molecule has 2 aromatic carbocycles. The lowest BCUT2D eigenvalue weighted by Gasteiger charge is -2.11. The fourth-order valence-electron chi connectivity index (χ4n) is 1.88. The third-order valence-electron chi connectivity index (χ3n) is 3.07. The zero-order valence-electron chi connectivity index (χ0n) is 12.3. The molecule has 4 heteroatoms. The van der Waals surface area contributed by atoms with Gasteiger partial charge in [-0.2, -0.15) is 0 Å². The molecule has 22 heavy (non-hydrogen) atoms. The van der Waals surface area contributed by atoms with E-state index in [1.165, 1.54) is 6.08 Å². The average molecular weight is 298 g/mol. The number of carbonyl (C=O) groups is 1. The van der Waals surface area contributed by atoms with Gasteiger partial charge in [0.2, 0.25) is 0 Å². The lowest BCUT2D eigenvalue weighted by Crippen LogP contribution is -2.11. The van der Waals surface area contributed by atoms with Crippen molar-refractivity contribution < 1.29 is 19.4 Å². The van der Waals surface area contributed by atoms with Gasteiger partial charge in [-0.25, -0.2) is 4.79 Å². The topological polar surface area (TPSA) is 55.8 Å². The van der Waals surface area contributed by atoms with Gasteiger partial charge in [0.1, 0.15) is 18.5 Å². The van der Waals surface area contributed by atoms with Crippen LogP contribution >= 0.6 is 0 Å². The van der Waals surface area contributed by atoms with Gasteiger partial charge in [0, 0.05) is 6.08 Å². The summed E-state index contributed by atoms with van der Waals surface area (Å²) in [6.45, 7) is -0.106. The normalized spacial score (nSPS) is 12.1. The van der Waals surface area contributed by atoms with Gasteiger partial charge in [0.25, 0.3) is 0 Å². The van der Waals surface area contributed by atoms with Crippen molar-refractivity contribution in [3.63, 3.8) is 0 Å². The maximum Gasteiger partial charge on any atom is 0.330 e. The minimum atomic E-state index is -0.885. The number of esters is 1. The van der Waals surface area contributed by atoms with Crippen LogP contribution in [0.5, 0.6) is 5.75 Å². The summed E-state index contributed by atoms with van der Waals surface area (Å²) in [5.74, 6) is 0.151. The lowest BCUT2D eigenvalue weighted by atomic mass is 10.1. The number of hydrogen-bond donors (Lipinski definition) is 1. The van der Waals surface area contributed by atoms with Crippen molar-refractivity contribution in [1.82, 2.24) is 0 Å². The number of methoxy groups -OCH3 is 1. The maximum atomic E-state index is 11.6. The van der Waals surface area contributed by atoms with Crippen LogP contribution in [-0.4, -0.2) is 24.8 Å². The fourth-order valence-corrected chi connectivity index (χ4v) is 1.88. The van der Waals surface area contributed by atoms with Gasteiger partial charge < -0.3 is 14.6 Å². The first-order valence-electron chi connectivity index (χ1n) is 6.91. The second-order valence-corrected chi connectivity index (χ2v) is 4.67. The van der Waals surface area contributed by atoms with E-state index in [1.54, 1.807) is 37.5 Å². The van der Waals surface area contributed by atoms with Crippen molar-refractivity contribution >= 4 is 12.0 Å². The Balaban J connectivity index is 1.86. The summed E-state index contributed by atoms with van der Waals surface area (Å²) in [5, 5.41) is 10.0. The summed E-state index contributed by atoms with van der Waals surface area (Å²) < 4.78 is 10.1. The van der Waals surface area contributed by atoms with Crippen LogP contribution in [-0.2, 0) is 9.53 Å². The van der Waals surface area contributed by atoms with Crippen molar-refractivity contribution in [2.45, 2.75) is 6.10 Å². The highest BCUT2D eigenvalue weighted by atomic mass is 16.5. The Morgan fingerprint density at radius 2 is 1.95 bits per heavy atom. The summed E-state index contributed by atoms with van der Waals surface area (Å²) in [6.07, 6.45) is 2.12. The first kappa shape index (κ1) is 15.8. The van der Waals surface area contributed by atoms with Crippen LogP contribution in [0, 0.1) is 0 Å². The SMILES string of the molecule is COc1cccc([C@@H](O)COC(=O)/C=C/c2ccccc2)c1. The van der Waals surface area contributed by atoms with Gasteiger partial charge >= 0.3 is 5.97 Å². The smallest absolute Gasteiger partial charge is 0.330 e. The predicted molar refractivity (Wildman–Crippen MR) is 84.4 cm³/mol. The Kier molecular flexibility index (Phi) is 5.74. The van der Waals surface area contributed by atoms with E-state index < -0.39 is 12.1 Å². The molecule has 0 aliphatic rings. The Labute approximate surface area is 129 Å². The highest BCUT2D eigenvalue weighted by molar-refractivity contribution is 5.87. The summed E-state index contributed by atoms with van der Waals surface area (Å²) >= 11 is 0. The average Bonchev–Trinajstić information content (AvgIpc) is 2.58. The summed E-state index contributed by atoms with van der Waals surface area (Å²) in [7, 11) is 1.56. The molecule has 0 bridgehead atoms. The molecule has 0 aromatic heterocycles. The van der Waals surface area contributed by atoms with E-state index in [-0.39, 0.29) is 6.61 Å². The van der Waals surface area contributed by atoms with Gasteiger partial charge in [-0.1, -0.05) is 42.5 Å². The maximum absolute atomic E-state index is 11.6. The molecule has 0 heterocycles. The lowest BCUT2D eigenvalue weighted by molar-refractivity contribution is -0.140. The largest absolute Gasteiger partial charge is 0.497 e. The van der Waals surface area contributed by atoms with Gasteiger partial charge in [0.15, 0.2) is 0 Å². The number of aliphatic hydroxyl groups is 1. The molecule has 4 nitrogen and oxygen atoms in total. The predicted octanol–water partition coefficient (Wildman–Crippen LogP) is 2.99. The molecule has 0 saturated carbocycles. The van der Waals surface area contributed by atoms with Crippen LogP contribution in [0.25, 0.3) is 6.08 Å². The number of ether oxygens (including phenoxy) is 2. The second-order valence-electron chi connectivity index (χ2n) is 4.67. The van der Waals surface area contributed by atoms with E-state index in [0.29, 0.717) is 11.3 Å². The van der Waals surface area contributed by atoms with Crippen LogP contribution < -0.4 is 4.74 Å². The first-order chi connectivity index (χ1) is 10.7. The summed E-state index contributed by atoms with van der Waals surface area (Å²) in [4.78, 5) is 11.6. The molecule has 0 saturated heterocycles. The van der Waals surface area contributed by atoms with Crippen molar-refractivity contribution in [3.05, 3.63) is 71.8 Å². The molecule has 0 amide bonds. The third kappa shape index (κ3) is 4.75. The summed E-state index contributed by atoms with van der Waals surface area (Å²) in [5.41, 5.74) is 1.55. The van der Waals surface area contributed by atoms with Crippen LogP contribution in [0.15, 0.2) is 60.7 Å². The van der Waals surface area contributed by atoms with Crippen LogP contribution in [0.1, 0.15) is 17.2 Å². The van der Waals surface area contributed by atoms with E-state index in [0.717, 1.165) is 5.56 Å². The van der Waals surface area contributed by atoms with Crippen molar-refractivity contribution in [2.24, 2.45) is 0 Å². The number of carbonyl (C=O) groups excluding carboxylic acids is 1. The van der Waals surface area contributed by atoms with Crippen molar-refractivity contribution in [1.29, 1.82) is 0 Å². The molecule has 2 rings (SSSR count). The number of rotatable bonds is 6. The molecule has 1 N–H and O–H groups in total. The molecule has 0 spiro atoms. The standard InChI is InChI=1S/C18H18O4/c1-21-16-9-5-8-15(12-16)17(19)13-22-18(20)11-10-14-6-3-2-4-7-14/h2-12,17,19H,13H2,1H3/b11-10+/t17-/m0/s1. The van der Waals surface area contributed by atoms with Crippen LogP contribution in [0.3, 0.4) is 0 Å². The zero-order valence-corrected chi connectivity index (χ0v) is 12.3. The molecular formula is C18H18O4. The van der Waals surface area contributed by atoms with E-state index in [2.05, 4.69) is 0 Å². The van der Waals surface area contributed by atoms with E-state index in [9.17, 15) is 9.90 Å². The molecule has 0 fully saturated rings. The van der Waals surface area contributed by atoms with Gasteiger partial charge in [-0.15, -0.1) is 0 Å². The van der Waals surface area contributed by atoms with E-state index in [1.807, 2.05) is 30.3 Å². The minimum absolute atomic E-state index is 0.106. The summed E-state index contributed by atoms with van der Waals surface area (Å²) in [6, 6.07) is 16.5. The molecule has 2 aromatic rings. The van der Waals surface area contributed by atoms with Crippen molar-refractivity contribution in [3.8, 4) is 5.75 Å². The second kappa shape index (κ2) is 8.00. The van der Waals surface area contributed by atoms with E-state index in [4.69, 9.17) is 9.47 Å². The monoisotopic (exact) mass is 298 g/mol. The quantitative estimate of drug-likeness (QED) is 0.658. The Bertz CT molecular complexity index is 635. The fraction of sp³-hybridized carbons (Fsp3) is 0.167. The number of benzene rings is 2. The third-order valence-corrected chi connectivity index (χ3v) is 3.07. The molecular weight excluding hydrogens is 280 g/mol. The number of hydrogen-bond acceptors (Lipinski definition) is 4. The zero-order chi connectivity index (χ0) is 15.8. The number of aliphatic hydroxyl groups excluding tert-OH is 1. The minimum Gasteiger partial charge on any atom is -0.497 e. The Morgan fingerprint density at radius 1 is 1.18 bits per heavy atom.